The van der Waals surface area contributed by atoms with Crippen molar-refractivity contribution in [2.75, 3.05) is 0 Å². The molecule has 0 radical (unpaired) electrons. The molecule has 0 heterocycles. The molecule has 1 nitrogen and oxygen atoms in total. The van der Waals surface area contributed by atoms with Crippen LogP contribution in [0.4, 0.5) is 0 Å². The summed E-state index contributed by atoms with van der Waals surface area (Å²) in [5, 5.41) is 3.94. The van der Waals surface area contributed by atoms with Crippen LogP contribution in [0.2, 0.25) is 0 Å². The second-order valence-electron chi connectivity index (χ2n) is 5.87. The Morgan fingerprint density at radius 3 is 2.29 bits per heavy atom. The number of nitrogens with one attached hydrogen (secondary N) is 1. The molecular formula is C13H23N. The van der Waals surface area contributed by atoms with E-state index in [4.69, 9.17) is 0 Å². The first-order valence-corrected chi connectivity index (χ1v) is 6.60. The Balaban J connectivity index is 1.55. The number of hydrogen-bond donors (Lipinski definition) is 1. The van der Waals surface area contributed by atoms with Crippen molar-refractivity contribution in [2.45, 2.75) is 64.0 Å². The molecule has 0 saturated heterocycles. The van der Waals surface area contributed by atoms with Crippen LogP contribution in [0.1, 0.15) is 51.9 Å². The summed E-state index contributed by atoms with van der Waals surface area (Å²) in [7, 11) is 0. The maximum atomic E-state index is 3.94. The zero-order valence-electron chi connectivity index (χ0n) is 9.34. The molecule has 0 spiro atoms. The third-order valence-corrected chi connectivity index (χ3v) is 4.84. The van der Waals surface area contributed by atoms with Crippen molar-refractivity contribution in [3.63, 3.8) is 0 Å². The molecule has 4 unspecified atom stereocenters. The monoisotopic (exact) mass is 193 g/mol. The first-order valence-electron chi connectivity index (χ1n) is 6.60. The number of rotatable bonds is 3. The maximum absolute atomic E-state index is 3.94. The van der Waals surface area contributed by atoms with E-state index in [0.29, 0.717) is 0 Å². The molecule has 0 aromatic rings. The molecule has 1 N–H and O–H groups in total. The summed E-state index contributed by atoms with van der Waals surface area (Å²) in [6.07, 6.45) is 10.4. The lowest BCUT2D eigenvalue weighted by Crippen LogP contribution is -2.49. The van der Waals surface area contributed by atoms with Gasteiger partial charge in [-0.3, -0.25) is 0 Å². The lowest BCUT2D eigenvalue weighted by atomic mass is 9.80. The van der Waals surface area contributed by atoms with Gasteiger partial charge in [0.1, 0.15) is 0 Å². The predicted octanol–water partition coefficient (Wildman–Crippen LogP) is 2.95. The molecule has 0 aromatic heterocycles. The minimum Gasteiger partial charge on any atom is -0.311 e. The van der Waals surface area contributed by atoms with E-state index in [1.165, 1.54) is 44.9 Å². The molecule has 0 bridgehead atoms. The smallest absolute Gasteiger partial charge is 0.0101 e. The zero-order valence-corrected chi connectivity index (χ0v) is 9.34. The SMILES string of the molecule is CC1CCC1NC1CCCC1C1CC1. The highest BCUT2D eigenvalue weighted by molar-refractivity contribution is 4.96. The van der Waals surface area contributed by atoms with Crippen LogP contribution in [-0.4, -0.2) is 12.1 Å². The number of hydrogen-bond acceptors (Lipinski definition) is 1. The van der Waals surface area contributed by atoms with E-state index in [1.807, 2.05) is 0 Å². The van der Waals surface area contributed by atoms with Crippen LogP contribution in [0, 0.1) is 17.8 Å². The van der Waals surface area contributed by atoms with Gasteiger partial charge in [0.2, 0.25) is 0 Å². The molecule has 80 valence electrons. The Hall–Kier alpha value is -0.0400. The zero-order chi connectivity index (χ0) is 9.54. The van der Waals surface area contributed by atoms with Crippen LogP contribution in [0.25, 0.3) is 0 Å². The third-order valence-electron chi connectivity index (χ3n) is 4.84. The van der Waals surface area contributed by atoms with Crippen LogP contribution in [-0.2, 0) is 0 Å². The van der Waals surface area contributed by atoms with E-state index >= 15 is 0 Å². The fourth-order valence-electron chi connectivity index (χ4n) is 3.47. The van der Waals surface area contributed by atoms with Crippen molar-refractivity contribution in [2.24, 2.45) is 17.8 Å². The van der Waals surface area contributed by atoms with Crippen LogP contribution in [0.15, 0.2) is 0 Å². The standard InChI is InChI=1S/C13H23N/c1-9-5-8-12(9)14-13-4-2-3-11(13)10-6-7-10/h9-14H,2-8H2,1H3. The summed E-state index contributed by atoms with van der Waals surface area (Å²) < 4.78 is 0. The summed E-state index contributed by atoms with van der Waals surface area (Å²) in [5.74, 6) is 3.13. The summed E-state index contributed by atoms with van der Waals surface area (Å²) in [6.45, 7) is 2.41. The van der Waals surface area contributed by atoms with E-state index in [0.717, 1.165) is 29.8 Å². The first-order chi connectivity index (χ1) is 6.84. The van der Waals surface area contributed by atoms with Crippen molar-refractivity contribution in [3.05, 3.63) is 0 Å². The summed E-state index contributed by atoms with van der Waals surface area (Å²) in [6, 6.07) is 1.77. The van der Waals surface area contributed by atoms with Gasteiger partial charge >= 0.3 is 0 Å². The molecule has 3 saturated carbocycles. The molecule has 14 heavy (non-hydrogen) atoms. The van der Waals surface area contributed by atoms with E-state index in [9.17, 15) is 0 Å². The topological polar surface area (TPSA) is 12.0 Å². The molecule has 0 amide bonds. The lowest BCUT2D eigenvalue weighted by molar-refractivity contribution is 0.189. The van der Waals surface area contributed by atoms with Gasteiger partial charge in [0, 0.05) is 12.1 Å². The van der Waals surface area contributed by atoms with E-state index in [1.54, 1.807) is 0 Å². The van der Waals surface area contributed by atoms with Crippen molar-refractivity contribution < 1.29 is 0 Å². The molecule has 3 rings (SSSR count). The Morgan fingerprint density at radius 1 is 0.857 bits per heavy atom. The van der Waals surface area contributed by atoms with Gasteiger partial charge in [-0.15, -0.1) is 0 Å². The third kappa shape index (κ3) is 1.60. The highest BCUT2D eigenvalue weighted by Gasteiger charge is 2.41. The Bertz CT molecular complexity index is 209. The predicted molar refractivity (Wildman–Crippen MR) is 59.2 cm³/mol. The Kier molecular flexibility index (Phi) is 2.31. The van der Waals surface area contributed by atoms with Crippen molar-refractivity contribution >= 4 is 0 Å². The molecule has 3 fully saturated rings. The van der Waals surface area contributed by atoms with E-state index in [2.05, 4.69) is 12.2 Å². The van der Waals surface area contributed by atoms with Gasteiger partial charge in [-0.05, 0) is 56.3 Å². The molecule has 3 aliphatic rings. The second kappa shape index (κ2) is 3.52. The molecule has 0 aromatic carbocycles. The minimum absolute atomic E-state index is 0.874. The summed E-state index contributed by atoms with van der Waals surface area (Å²) in [4.78, 5) is 0. The van der Waals surface area contributed by atoms with Gasteiger partial charge in [-0.2, -0.15) is 0 Å². The van der Waals surface area contributed by atoms with E-state index in [-0.39, 0.29) is 0 Å². The van der Waals surface area contributed by atoms with Gasteiger partial charge < -0.3 is 5.32 Å². The van der Waals surface area contributed by atoms with E-state index < -0.39 is 0 Å². The molecule has 0 aliphatic heterocycles. The largest absolute Gasteiger partial charge is 0.311 e. The highest BCUT2D eigenvalue weighted by atomic mass is 15.0. The Labute approximate surface area is 87.7 Å². The quantitative estimate of drug-likeness (QED) is 0.726. The van der Waals surface area contributed by atoms with Crippen molar-refractivity contribution in [1.29, 1.82) is 0 Å². The average molecular weight is 193 g/mol. The first kappa shape index (κ1) is 9.21. The van der Waals surface area contributed by atoms with Gasteiger partial charge in [0.05, 0.1) is 0 Å². The van der Waals surface area contributed by atoms with Gasteiger partial charge in [0.25, 0.3) is 0 Å². The second-order valence-corrected chi connectivity index (χ2v) is 5.87. The summed E-state index contributed by atoms with van der Waals surface area (Å²) in [5.41, 5.74) is 0. The van der Waals surface area contributed by atoms with Crippen molar-refractivity contribution in [3.8, 4) is 0 Å². The van der Waals surface area contributed by atoms with Crippen molar-refractivity contribution in [1.82, 2.24) is 5.32 Å². The summed E-state index contributed by atoms with van der Waals surface area (Å²) >= 11 is 0. The molecule has 4 atom stereocenters. The molecule has 3 aliphatic carbocycles. The van der Waals surface area contributed by atoms with Gasteiger partial charge in [0.15, 0.2) is 0 Å². The van der Waals surface area contributed by atoms with Gasteiger partial charge in [-0.25, -0.2) is 0 Å². The Morgan fingerprint density at radius 2 is 1.71 bits per heavy atom. The maximum Gasteiger partial charge on any atom is 0.0101 e. The fraction of sp³-hybridized carbons (Fsp3) is 1.00. The molecule has 1 heteroatoms. The fourth-order valence-corrected chi connectivity index (χ4v) is 3.47. The minimum atomic E-state index is 0.874. The van der Waals surface area contributed by atoms with Crippen LogP contribution in [0.3, 0.4) is 0 Å². The van der Waals surface area contributed by atoms with Gasteiger partial charge in [-0.1, -0.05) is 13.3 Å². The van der Waals surface area contributed by atoms with Crippen LogP contribution in [0.5, 0.6) is 0 Å². The lowest BCUT2D eigenvalue weighted by Gasteiger charge is -2.38. The highest BCUT2D eigenvalue weighted by Crippen LogP contribution is 2.45. The van der Waals surface area contributed by atoms with Crippen LogP contribution >= 0.6 is 0 Å². The molecular weight excluding hydrogens is 170 g/mol. The van der Waals surface area contributed by atoms with Crippen LogP contribution < -0.4 is 5.32 Å². The normalized spacial score (nSPS) is 47.8. The average Bonchev–Trinajstić information content (AvgIpc) is 2.93.